The fourth-order valence-electron chi connectivity index (χ4n) is 2.24. The molecule has 3 rings (SSSR count). The van der Waals surface area contributed by atoms with Gasteiger partial charge in [-0.25, -0.2) is 0 Å². The number of hydrogen-bond acceptors (Lipinski definition) is 4. The zero-order chi connectivity index (χ0) is 19.8. The Morgan fingerprint density at radius 2 is 1.81 bits per heavy atom. The van der Waals surface area contributed by atoms with Gasteiger partial charge in [0.2, 0.25) is 6.79 Å². The average Bonchev–Trinajstić information content (AvgIpc) is 3.04. The number of carbonyl (C=O) groups is 1. The molecule has 0 radical (unpaired) electrons. The Hall–Kier alpha value is -1.85. The lowest BCUT2D eigenvalue weighted by atomic mass is 10.2. The minimum Gasteiger partial charge on any atom is -0.454 e. The number of nitrogens with one attached hydrogen (secondary N) is 2. The maximum atomic E-state index is 13.0. The predicted octanol–water partition coefficient (Wildman–Crippen LogP) is 5.09. The number of thiocarbonyl (C=S) groups is 1. The molecule has 2 aromatic carbocycles. The van der Waals surface area contributed by atoms with Gasteiger partial charge in [0, 0.05) is 10.0 Å². The minimum atomic E-state index is -4.55. The summed E-state index contributed by atoms with van der Waals surface area (Å²) in [5.41, 5.74) is -0.579. The fourth-order valence-corrected chi connectivity index (χ4v) is 3.80. The number of amides is 1. The van der Waals surface area contributed by atoms with Gasteiger partial charge < -0.3 is 14.8 Å². The predicted molar refractivity (Wildman–Crippen MR) is 103 cm³/mol. The van der Waals surface area contributed by atoms with E-state index in [1.165, 1.54) is 18.2 Å². The Bertz CT molecular complexity index is 938. The smallest absolute Gasteiger partial charge is 0.417 e. The zero-order valence-electron chi connectivity index (χ0n) is 13.1. The van der Waals surface area contributed by atoms with Gasteiger partial charge in [-0.1, -0.05) is 0 Å². The Labute approximate surface area is 173 Å². The van der Waals surface area contributed by atoms with Crippen molar-refractivity contribution < 1.29 is 27.4 Å². The molecule has 1 aliphatic rings. The van der Waals surface area contributed by atoms with Crippen LogP contribution in [-0.4, -0.2) is 17.8 Å². The average molecular weight is 526 g/mol. The van der Waals surface area contributed by atoms with E-state index in [1.54, 1.807) is 6.07 Å². The van der Waals surface area contributed by atoms with E-state index in [0.717, 1.165) is 6.07 Å². The third-order valence-electron chi connectivity index (χ3n) is 3.50. The second kappa shape index (κ2) is 7.64. The molecule has 0 fully saturated rings. The molecule has 1 amide bonds. The van der Waals surface area contributed by atoms with Crippen LogP contribution in [0.1, 0.15) is 15.9 Å². The van der Waals surface area contributed by atoms with E-state index in [0.29, 0.717) is 16.0 Å². The molecule has 0 aliphatic carbocycles. The molecule has 0 atom stereocenters. The van der Waals surface area contributed by atoms with Gasteiger partial charge in [0.05, 0.1) is 15.7 Å². The highest BCUT2D eigenvalue weighted by Crippen LogP contribution is 2.41. The minimum absolute atomic E-state index is 0.0424. The van der Waals surface area contributed by atoms with E-state index in [2.05, 4.69) is 42.5 Å². The molecular weight excluding hydrogens is 517 g/mol. The summed E-state index contributed by atoms with van der Waals surface area (Å²) in [5, 5.41) is 4.84. The molecule has 0 saturated carbocycles. The van der Waals surface area contributed by atoms with Crippen molar-refractivity contribution in [3.8, 4) is 11.5 Å². The Balaban J connectivity index is 1.75. The van der Waals surface area contributed by atoms with Gasteiger partial charge >= 0.3 is 6.18 Å². The lowest BCUT2D eigenvalue weighted by molar-refractivity contribution is -0.138. The van der Waals surface area contributed by atoms with Gasteiger partial charge in [-0.2, -0.15) is 13.2 Å². The molecule has 2 aromatic rings. The third-order valence-corrected chi connectivity index (χ3v) is 5.19. The number of rotatable bonds is 2. The highest BCUT2D eigenvalue weighted by atomic mass is 79.9. The van der Waals surface area contributed by atoms with Gasteiger partial charge in [-0.05, 0) is 74.4 Å². The van der Waals surface area contributed by atoms with Gasteiger partial charge in [-0.15, -0.1) is 0 Å². The normalized spacial score (nSPS) is 12.6. The SMILES string of the molecule is O=C(NC(=S)Nc1c(Br)ccc(C(F)(F)F)c1Br)c1ccc2c(c1)OCO2. The van der Waals surface area contributed by atoms with Crippen LogP contribution in [0.5, 0.6) is 11.5 Å². The van der Waals surface area contributed by atoms with Crippen molar-refractivity contribution in [2.45, 2.75) is 6.18 Å². The van der Waals surface area contributed by atoms with Crippen LogP contribution in [0.25, 0.3) is 0 Å². The first-order valence-corrected chi connectivity index (χ1v) is 9.23. The summed E-state index contributed by atoms with van der Waals surface area (Å²) in [6, 6.07) is 6.73. The van der Waals surface area contributed by atoms with E-state index in [4.69, 9.17) is 21.7 Å². The number of ether oxygens (including phenoxy) is 2. The first-order chi connectivity index (χ1) is 12.7. The molecule has 0 aromatic heterocycles. The number of hydrogen-bond donors (Lipinski definition) is 2. The number of halogens is 5. The summed E-state index contributed by atoms with van der Waals surface area (Å²) in [4.78, 5) is 12.3. The molecule has 0 bridgehead atoms. The van der Waals surface area contributed by atoms with Crippen molar-refractivity contribution >= 4 is 60.8 Å². The van der Waals surface area contributed by atoms with Gasteiger partial charge in [0.1, 0.15) is 0 Å². The van der Waals surface area contributed by atoms with E-state index in [1.807, 2.05) is 0 Å². The van der Waals surface area contributed by atoms with E-state index in [-0.39, 0.29) is 27.6 Å². The summed E-state index contributed by atoms with van der Waals surface area (Å²) >= 11 is 11.1. The molecule has 2 N–H and O–H groups in total. The summed E-state index contributed by atoms with van der Waals surface area (Å²) in [5.74, 6) is 0.388. The first-order valence-electron chi connectivity index (χ1n) is 7.24. The molecule has 5 nitrogen and oxygen atoms in total. The standard InChI is InChI=1S/C16H9Br2F3N2O3S/c17-9-3-2-8(16(19,20)21)12(18)13(9)22-15(27)23-14(24)7-1-4-10-11(5-7)26-6-25-10/h1-5H,6H2,(H2,22,23,24,27). The second-order valence-corrected chi connectivity index (χ2v) is 7.31. The number of benzene rings is 2. The van der Waals surface area contributed by atoms with Gasteiger partial charge in [0.15, 0.2) is 16.6 Å². The van der Waals surface area contributed by atoms with Crippen molar-refractivity contribution in [2.75, 3.05) is 12.1 Å². The Kier molecular flexibility index (Phi) is 5.63. The molecule has 27 heavy (non-hydrogen) atoms. The molecule has 142 valence electrons. The van der Waals surface area contributed by atoms with Crippen LogP contribution in [0, 0.1) is 0 Å². The van der Waals surface area contributed by atoms with Crippen LogP contribution in [-0.2, 0) is 6.18 Å². The second-order valence-electron chi connectivity index (χ2n) is 5.26. The highest BCUT2D eigenvalue weighted by Gasteiger charge is 2.34. The largest absolute Gasteiger partial charge is 0.454 e. The molecule has 0 saturated heterocycles. The van der Waals surface area contributed by atoms with E-state index < -0.39 is 17.6 Å². The molecule has 11 heteroatoms. The maximum Gasteiger partial charge on any atom is 0.417 e. The van der Waals surface area contributed by atoms with E-state index >= 15 is 0 Å². The molecule has 1 aliphatic heterocycles. The summed E-state index contributed by atoms with van der Waals surface area (Å²) in [6.45, 7) is 0.0674. The van der Waals surface area contributed by atoms with Crippen LogP contribution in [0.2, 0.25) is 0 Å². The van der Waals surface area contributed by atoms with Crippen LogP contribution < -0.4 is 20.1 Å². The first kappa shape index (κ1) is 19.9. The monoisotopic (exact) mass is 524 g/mol. The van der Waals surface area contributed by atoms with Crippen LogP contribution in [0.15, 0.2) is 39.3 Å². The summed E-state index contributed by atoms with van der Waals surface area (Å²) in [6.07, 6.45) is -4.55. The fraction of sp³-hybridized carbons (Fsp3) is 0.125. The quantitative estimate of drug-likeness (QED) is 0.535. The number of carbonyl (C=O) groups excluding carboxylic acids is 1. The summed E-state index contributed by atoms with van der Waals surface area (Å²) < 4.78 is 49.6. The van der Waals surface area contributed by atoms with Crippen molar-refractivity contribution in [3.63, 3.8) is 0 Å². The third kappa shape index (κ3) is 4.36. The van der Waals surface area contributed by atoms with Gasteiger partial charge in [-0.3, -0.25) is 10.1 Å². The van der Waals surface area contributed by atoms with Crippen molar-refractivity contribution in [1.82, 2.24) is 5.32 Å². The Morgan fingerprint density at radius 3 is 2.52 bits per heavy atom. The lowest BCUT2D eigenvalue weighted by Gasteiger charge is -2.16. The number of anilines is 1. The van der Waals surface area contributed by atoms with Crippen LogP contribution >= 0.6 is 44.1 Å². The van der Waals surface area contributed by atoms with Crippen molar-refractivity contribution in [3.05, 3.63) is 50.4 Å². The summed E-state index contributed by atoms with van der Waals surface area (Å²) in [7, 11) is 0. The van der Waals surface area contributed by atoms with E-state index in [9.17, 15) is 18.0 Å². The molecule has 0 unspecified atom stereocenters. The topological polar surface area (TPSA) is 59.6 Å². The number of fused-ring (bicyclic) bond motifs is 1. The molecule has 1 heterocycles. The van der Waals surface area contributed by atoms with Crippen LogP contribution in [0.4, 0.5) is 18.9 Å². The maximum absolute atomic E-state index is 13.0. The molecular formula is C16H9Br2F3N2O3S. The Morgan fingerprint density at radius 1 is 1.11 bits per heavy atom. The lowest BCUT2D eigenvalue weighted by Crippen LogP contribution is -2.34. The van der Waals surface area contributed by atoms with Crippen molar-refractivity contribution in [1.29, 1.82) is 0 Å². The van der Waals surface area contributed by atoms with Crippen molar-refractivity contribution in [2.24, 2.45) is 0 Å². The van der Waals surface area contributed by atoms with Gasteiger partial charge in [0.25, 0.3) is 5.91 Å². The highest BCUT2D eigenvalue weighted by molar-refractivity contribution is 9.11. The molecule has 0 spiro atoms. The van der Waals surface area contributed by atoms with Crippen LogP contribution in [0.3, 0.4) is 0 Å². The zero-order valence-corrected chi connectivity index (χ0v) is 17.1. The number of alkyl halides is 3.